The molecule has 2 N–H and O–H groups in total. The lowest BCUT2D eigenvalue weighted by molar-refractivity contribution is -0.142. The fourth-order valence-corrected chi connectivity index (χ4v) is 1.17. The van der Waals surface area contributed by atoms with Crippen LogP contribution in [0.15, 0.2) is 18.2 Å². The molecule has 98 valence electrons. The number of rotatable bonds is 6. The summed E-state index contributed by atoms with van der Waals surface area (Å²) in [6.45, 7) is -0.513. The van der Waals surface area contributed by atoms with Crippen LogP contribution in [0.2, 0.25) is 0 Å². The molecule has 0 aliphatic rings. The lowest BCUT2D eigenvalue weighted by Crippen LogP contribution is -2.28. The van der Waals surface area contributed by atoms with Crippen molar-refractivity contribution in [2.24, 2.45) is 0 Å². The Hall–Kier alpha value is -2.02. The van der Waals surface area contributed by atoms with Gasteiger partial charge in [0.1, 0.15) is 6.61 Å². The number of aliphatic carboxylic acids is 1. The van der Waals surface area contributed by atoms with E-state index in [-0.39, 0.29) is 13.2 Å². The monoisotopic (exact) mass is 259 g/mol. The molecule has 0 saturated heterocycles. The molecule has 0 radical (unpaired) electrons. The maximum Gasteiger partial charge on any atom is 0.329 e. The minimum Gasteiger partial charge on any atom is -0.480 e. The zero-order valence-corrected chi connectivity index (χ0v) is 9.28. The highest BCUT2D eigenvalue weighted by Gasteiger charge is 2.14. The second kappa shape index (κ2) is 6.65. The summed E-state index contributed by atoms with van der Waals surface area (Å²) in [5, 5.41) is 10.5. The van der Waals surface area contributed by atoms with E-state index in [0.717, 1.165) is 12.1 Å². The maximum absolute atomic E-state index is 13.2. The Labute approximate surface area is 101 Å². The van der Waals surface area contributed by atoms with Gasteiger partial charge in [0.05, 0.1) is 12.2 Å². The smallest absolute Gasteiger partial charge is 0.329 e. The van der Waals surface area contributed by atoms with Gasteiger partial charge in [-0.05, 0) is 12.1 Å². The van der Waals surface area contributed by atoms with Gasteiger partial charge in [-0.15, -0.1) is 0 Å². The van der Waals surface area contributed by atoms with Crippen LogP contribution in [0, 0.1) is 11.6 Å². The fraction of sp³-hybridized carbons (Fsp3) is 0.273. The van der Waals surface area contributed by atoms with Gasteiger partial charge in [-0.1, -0.05) is 6.07 Å². The number of ether oxygens (including phenoxy) is 1. The van der Waals surface area contributed by atoms with Crippen LogP contribution >= 0.6 is 0 Å². The molecule has 1 rings (SSSR count). The molecule has 0 saturated carbocycles. The first kappa shape index (κ1) is 14.0. The zero-order valence-electron chi connectivity index (χ0n) is 9.28. The number of amides is 1. The van der Waals surface area contributed by atoms with Gasteiger partial charge >= 0.3 is 5.97 Å². The molecule has 0 aliphatic carbocycles. The van der Waals surface area contributed by atoms with Gasteiger partial charge in [-0.25, -0.2) is 13.6 Å². The summed E-state index contributed by atoms with van der Waals surface area (Å²) >= 11 is 0. The first-order valence-corrected chi connectivity index (χ1v) is 5.04. The molecule has 1 amide bonds. The molecule has 0 heterocycles. The number of halogens is 2. The predicted octanol–water partition coefficient (Wildman–Crippen LogP) is 0.796. The van der Waals surface area contributed by atoms with Gasteiger partial charge in [0.15, 0.2) is 11.6 Å². The van der Waals surface area contributed by atoms with E-state index in [1.54, 1.807) is 0 Å². The number of hydrogen-bond donors (Lipinski definition) is 2. The third-order valence-corrected chi connectivity index (χ3v) is 1.95. The molecule has 0 atom stereocenters. The van der Waals surface area contributed by atoms with Crippen molar-refractivity contribution in [1.29, 1.82) is 0 Å². The number of carbonyl (C=O) groups excluding carboxylic acids is 1. The van der Waals surface area contributed by atoms with Crippen molar-refractivity contribution in [1.82, 2.24) is 5.32 Å². The van der Waals surface area contributed by atoms with Crippen molar-refractivity contribution in [3.8, 4) is 0 Å². The number of nitrogens with one attached hydrogen (secondary N) is 1. The molecule has 18 heavy (non-hydrogen) atoms. The Morgan fingerprint density at radius 2 is 2.06 bits per heavy atom. The highest BCUT2D eigenvalue weighted by atomic mass is 19.2. The van der Waals surface area contributed by atoms with E-state index in [2.05, 4.69) is 10.1 Å². The number of hydrogen-bond acceptors (Lipinski definition) is 3. The number of carbonyl (C=O) groups is 2. The van der Waals surface area contributed by atoms with Crippen LogP contribution in [0.5, 0.6) is 0 Å². The first-order valence-electron chi connectivity index (χ1n) is 5.04. The quantitative estimate of drug-likeness (QED) is 0.741. The second-order valence-electron chi connectivity index (χ2n) is 3.30. The fourth-order valence-electron chi connectivity index (χ4n) is 1.17. The van der Waals surface area contributed by atoms with Crippen LogP contribution in [-0.4, -0.2) is 36.7 Å². The summed E-state index contributed by atoms with van der Waals surface area (Å²) in [7, 11) is 0. The van der Waals surface area contributed by atoms with E-state index in [9.17, 15) is 18.4 Å². The Morgan fingerprint density at radius 3 is 2.72 bits per heavy atom. The Kier molecular flexibility index (Phi) is 5.19. The molecule has 0 aromatic heterocycles. The second-order valence-corrected chi connectivity index (χ2v) is 3.30. The predicted molar refractivity (Wildman–Crippen MR) is 57.1 cm³/mol. The molecule has 1 aromatic rings. The summed E-state index contributed by atoms with van der Waals surface area (Å²) in [4.78, 5) is 21.5. The van der Waals surface area contributed by atoms with Crippen molar-refractivity contribution in [3.63, 3.8) is 0 Å². The summed E-state index contributed by atoms with van der Waals surface area (Å²) < 4.78 is 30.7. The highest BCUT2D eigenvalue weighted by molar-refractivity contribution is 5.94. The lowest BCUT2D eigenvalue weighted by Gasteiger charge is -2.06. The SMILES string of the molecule is O=C(O)COCCNC(=O)c1cccc(F)c1F. The largest absolute Gasteiger partial charge is 0.480 e. The Morgan fingerprint density at radius 1 is 1.33 bits per heavy atom. The van der Waals surface area contributed by atoms with Crippen molar-refractivity contribution in [2.75, 3.05) is 19.8 Å². The molecule has 1 aromatic carbocycles. The third kappa shape index (κ3) is 4.10. The van der Waals surface area contributed by atoms with Crippen LogP contribution in [-0.2, 0) is 9.53 Å². The van der Waals surface area contributed by atoms with E-state index < -0.39 is 35.7 Å². The van der Waals surface area contributed by atoms with Crippen LogP contribution in [0.4, 0.5) is 8.78 Å². The minimum absolute atomic E-state index is 0.00205. The van der Waals surface area contributed by atoms with E-state index in [1.165, 1.54) is 6.07 Å². The van der Waals surface area contributed by atoms with Crippen molar-refractivity contribution >= 4 is 11.9 Å². The van der Waals surface area contributed by atoms with Crippen LogP contribution in [0.1, 0.15) is 10.4 Å². The van der Waals surface area contributed by atoms with Gasteiger partial charge in [0, 0.05) is 6.54 Å². The van der Waals surface area contributed by atoms with Crippen molar-refractivity contribution in [3.05, 3.63) is 35.4 Å². The molecule has 0 spiro atoms. The number of benzene rings is 1. The zero-order chi connectivity index (χ0) is 13.5. The number of carboxylic acids is 1. The molecular weight excluding hydrogens is 248 g/mol. The summed E-state index contributed by atoms with van der Waals surface area (Å²) in [5.74, 6) is -4.24. The van der Waals surface area contributed by atoms with Gasteiger partial charge in [0.2, 0.25) is 0 Å². The normalized spacial score (nSPS) is 10.1. The molecule has 7 heteroatoms. The average Bonchev–Trinajstić information content (AvgIpc) is 2.31. The van der Waals surface area contributed by atoms with E-state index in [4.69, 9.17) is 5.11 Å². The average molecular weight is 259 g/mol. The summed E-state index contributed by atoms with van der Waals surface area (Å²) in [6.07, 6.45) is 0. The molecule has 0 unspecified atom stereocenters. The lowest BCUT2D eigenvalue weighted by atomic mass is 10.2. The maximum atomic E-state index is 13.2. The highest BCUT2D eigenvalue weighted by Crippen LogP contribution is 2.10. The third-order valence-electron chi connectivity index (χ3n) is 1.95. The van der Waals surface area contributed by atoms with E-state index in [0.29, 0.717) is 0 Å². The van der Waals surface area contributed by atoms with E-state index in [1.807, 2.05) is 0 Å². The molecule has 5 nitrogen and oxygen atoms in total. The van der Waals surface area contributed by atoms with Crippen LogP contribution < -0.4 is 5.32 Å². The molecule has 0 aliphatic heterocycles. The summed E-state index contributed by atoms with van der Waals surface area (Å²) in [6, 6.07) is 3.27. The molecule has 0 bridgehead atoms. The van der Waals surface area contributed by atoms with Gasteiger partial charge in [0.25, 0.3) is 5.91 Å². The number of carboxylic acid groups (broad SMARTS) is 1. The van der Waals surface area contributed by atoms with Crippen molar-refractivity contribution in [2.45, 2.75) is 0 Å². The van der Waals surface area contributed by atoms with Gasteiger partial charge in [-0.3, -0.25) is 4.79 Å². The minimum atomic E-state index is -1.22. The van der Waals surface area contributed by atoms with Crippen molar-refractivity contribution < 1.29 is 28.2 Å². The van der Waals surface area contributed by atoms with Gasteiger partial charge in [-0.2, -0.15) is 0 Å². The Bertz CT molecular complexity index is 451. The van der Waals surface area contributed by atoms with E-state index >= 15 is 0 Å². The van der Waals surface area contributed by atoms with Gasteiger partial charge < -0.3 is 15.2 Å². The molecule has 0 fully saturated rings. The Balaban J connectivity index is 2.41. The summed E-state index contributed by atoms with van der Waals surface area (Å²) in [5.41, 5.74) is -0.409. The topological polar surface area (TPSA) is 75.6 Å². The van der Waals surface area contributed by atoms with Crippen LogP contribution in [0.25, 0.3) is 0 Å². The standard InChI is InChI=1S/C11H11F2NO4/c12-8-3-1-2-7(10(8)13)11(17)14-4-5-18-6-9(15)16/h1-3H,4-6H2,(H,14,17)(H,15,16). The first-order chi connectivity index (χ1) is 8.52. The molecular formula is C11H11F2NO4. The van der Waals surface area contributed by atoms with Crippen LogP contribution in [0.3, 0.4) is 0 Å².